The summed E-state index contributed by atoms with van der Waals surface area (Å²) in [5, 5.41) is 6.63. The zero-order valence-corrected chi connectivity index (χ0v) is 20.3. The predicted octanol–water partition coefficient (Wildman–Crippen LogP) is 3.59. The van der Waals surface area contributed by atoms with Crippen LogP contribution in [0.25, 0.3) is 0 Å². The van der Waals surface area contributed by atoms with Gasteiger partial charge in [-0.2, -0.15) is 0 Å². The molecule has 1 saturated heterocycles. The highest BCUT2D eigenvalue weighted by Gasteiger charge is 2.27. The van der Waals surface area contributed by atoms with Crippen LogP contribution in [-0.4, -0.2) is 52.9 Å². The van der Waals surface area contributed by atoms with Crippen molar-refractivity contribution in [2.75, 3.05) is 45.8 Å². The summed E-state index contributed by atoms with van der Waals surface area (Å²) in [5.74, 6) is 0.991. The average molecular weight is 546 g/mol. The van der Waals surface area contributed by atoms with Crippen LogP contribution >= 0.6 is 24.0 Å². The van der Waals surface area contributed by atoms with E-state index >= 15 is 0 Å². The summed E-state index contributed by atoms with van der Waals surface area (Å²) in [6, 6.07) is 9.84. The summed E-state index contributed by atoms with van der Waals surface area (Å²) in [6.07, 6.45) is 1.54. The van der Waals surface area contributed by atoms with Crippen molar-refractivity contribution in [3.8, 4) is 11.5 Å². The zero-order valence-electron chi connectivity index (χ0n) is 18.0. The van der Waals surface area contributed by atoms with E-state index in [0.717, 1.165) is 18.4 Å². The van der Waals surface area contributed by atoms with Gasteiger partial charge in [-0.15, -0.1) is 24.0 Å². The molecule has 0 aliphatic carbocycles. The van der Waals surface area contributed by atoms with Crippen LogP contribution in [0.3, 0.4) is 0 Å². The number of benzene rings is 2. The van der Waals surface area contributed by atoms with Crippen LogP contribution in [-0.2, 0) is 6.42 Å². The lowest BCUT2D eigenvalue weighted by atomic mass is 10.1. The molecule has 3 rings (SSSR count). The van der Waals surface area contributed by atoms with Crippen LogP contribution in [0.15, 0.2) is 41.4 Å². The van der Waals surface area contributed by atoms with Crippen LogP contribution in [0.5, 0.6) is 11.5 Å². The van der Waals surface area contributed by atoms with E-state index in [1.54, 1.807) is 26.2 Å². The number of para-hydroxylation sites is 1. The molecule has 0 bridgehead atoms. The molecule has 0 amide bonds. The van der Waals surface area contributed by atoms with Crippen molar-refractivity contribution in [2.24, 2.45) is 4.99 Å². The third-order valence-electron chi connectivity index (χ3n) is 5.16. The molecule has 0 radical (unpaired) electrons. The fourth-order valence-electron chi connectivity index (χ4n) is 3.62. The highest BCUT2D eigenvalue weighted by Crippen LogP contribution is 2.28. The van der Waals surface area contributed by atoms with Crippen molar-refractivity contribution in [3.63, 3.8) is 0 Å². The molecule has 2 aromatic carbocycles. The maximum absolute atomic E-state index is 14.0. The average Bonchev–Trinajstić information content (AvgIpc) is 3.20. The monoisotopic (exact) mass is 546 g/mol. The van der Waals surface area contributed by atoms with Gasteiger partial charge in [-0.25, -0.2) is 8.78 Å². The lowest BCUT2D eigenvalue weighted by Crippen LogP contribution is -2.45. The van der Waals surface area contributed by atoms with Gasteiger partial charge in [0.2, 0.25) is 0 Å². The van der Waals surface area contributed by atoms with Crippen LogP contribution < -0.4 is 25.0 Å². The fraction of sp³-hybridized carbons (Fsp3) is 0.409. The smallest absolute Gasteiger partial charge is 0.191 e. The van der Waals surface area contributed by atoms with Gasteiger partial charge in [0.1, 0.15) is 17.3 Å². The van der Waals surface area contributed by atoms with E-state index in [4.69, 9.17) is 9.47 Å². The van der Waals surface area contributed by atoms with Gasteiger partial charge in [0.25, 0.3) is 0 Å². The normalized spacial score (nSPS) is 16.0. The van der Waals surface area contributed by atoms with Crippen LogP contribution in [0.1, 0.15) is 12.0 Å². The van der Waals surface area contributed by atoms with Crippen molar-refractivity contribution >= 4 is 35.6 Å². The van der Waals surface area contributed by atoms with E-state index in [9.17, 15) is 8.78 Å². The van der Waals surface area contributed by atoms with E-state index < -0.39 is 11.6 Å². The summed E-state index contributed by atoms with van der Waals surface area (Å²) in [6.45, 7) is 1.76. The molecule has 1 unspecified atom stereocenters. The van der Waals surface area contributed by atoms with Gasteiger partial charge in [0, 0.05) is 32.7 Å². The van der Waals surface area contributed by atoms with Gasteiger partial charge in [0.15, 0.2) is 17.5 Å². The van der Waals surface area contributed by atoms with Gasteiger partial charge in [-0.3, -0.25) is 4.99 Å². The number of aliphatic imine (C=N–C) groups is 1. The molecular weight excluding hydrogens is 517 g/mol. The second-order valence-corrected chi connectivity index (χ2v) is 7.08. The molecule has 1 atom stereocenters. The van der Waals surface area contributed by atoms with Crippen molar-refractivity contribution < 1.29 is 18.3 Å². The Bertz CT molecular complexity index is 878. The molecule has 2 N–H and O–H groups in total. The number of guanidine groups is 1. The van der Waals surface area contributed by atoms with E-state index in [1.807, 2.05) is 18.2 Å². The number of ether oxygens (including phenoxy) is 2. The first-order valence-corrected chi connectivity index (χ1v) is 9.92. The largest absolute Gasteiger partial charge is 0.493 e. The third-order valence-corrected chi connectivity index (χ3v) is 5.16. The zero-order chi connectivity index (χ0) is 21.5. The number of methoxy groups -OCH3 is 2. The summed E-state index contributed by atoms with van der Waals surface area (Å²) >= 11 is 0. The summed E-state index contributed by atoms with van der Waals surface area (Å²) in [7, 11) is 4.93. The number of hydrogen-bond acceptors (Lipinski definition) is 4. The lowest BCUT2D eigenvalue weighted by Gasteiger charge is -2.21. The number of rotatable bonds is 7. The molecule has 2 aromatic rings. The second kappa shape index (κ2) is 11.9. The molecule has 1 aliphatic rings. The Kier molecular flexibility index (Phi) is 9.60. The predicted molar refractivity (Wildman–Crippen MR) is 130 cm³/mol. The van der Waals surface area contributed by atoms with Gasteiger partial charge in [-0.1, -0.05) is 12.1 Å². The Balaban J connectivity index is 0.00000341. The number of halogens is 3. The highest BCUT2D eigenvalue weighted by molar-refractivity contribution is 14.0. The van der Waals surface area contributed by atoms with Gasteiger partial charge in [0.05, 0.1) is 14.2 Å². The Hall–Kier alpha value is -2.30. The molecule has 9 heteroatoms. The van der Waals surface area contributed by atoms with E-state index in [0.29, 0.717) is 37.1 Å². The fourth-order valence-corrected chi connectivity index (χ4v) is 3.62. The number of anilines is 1. The number of nitrogens with zero attached hydrogens (tertiary/aromatic N) is 2. The second-order valence-electron chi connectivity index (χ2n) is 7.08. The number of hydrogen-bond donors (Lipinski definition) is 2. The summed E-state index contributed by atoms with van der Waals surface area (Å²) in [4.78, 5) is 6.00. The molecule has 1 aliphatic heterocycles. The maximum atomic E-state index is 14.0. The molecular formula is C22H29F2IN4O2. The minimum Gasteiger partial charge on any atom is -0.493 e. The molecule has 1 fully saturated rings. The number of nitrogens with one attached hydrogen (secondary N) is 2. The van der Waals surface area contributed by atoms with Crippen LogP contribution in [0.4, 0.5) is 14.5 Å². The molecule has 31 heavy (non-hydrogen) atoms. The summed E-state index contributed by atoms with van der Waals surface area (Å²) < 4.78 is 38.7. The van der Waals surface area contributed by atoms with Crippen LogP contribution in [0.2, 0.25) is 0 Å². The van der Waals surface area contributed by atoms with Crippen molar-refractivity contribution in [2.45, 2.75) is 18.9 Å². The first-order valence-electron chi connectivity index (χ1n) is 9.92. The molecule has 1 heterocycles. The first-order chi connectivity index (χ1) is 14.5. The Labute approximate surface area is 199 Å². The quantitative estimate of drug-likeness (QED) is 0.316. The lowest BCUT2D eigenvalue weighted by molar-refractivity contribution is 0.354. The Morgan fingerprint density at radius 1 is 1.13 bits per heavy atom. The van der Waals surface area contributed by atoms with Crippen molar-refractivity contribution in [1.29, 1.82) is 0 Å². The topological polar surface area (TPSA) is 58.1 Å². The molecule has 170 valence electrons. The minimum absolute atomic E-state index is 0. The van der Waals surface area contributed by atoms with E-state index in [1.165, 1.54) is 18.2 Å². The SMILES string of the molecule is CN=C(NCCc1ccc(OC)c(OC)c1)NC1CCN(c2c(F)cccc2F)C1.I. The van der Waals surface area contributed by atoms with E-state index in [-0.39, 0.29) is 35.7 Å². The van der Waals surface area contributed by atoms with E-state index in [2.05, 4.69) is 15.6 Å². The van der Waals surface area contributed by atoms with Crippen molar-refractivity contribution in [3.05, 3.63) is 53.6 Å². The van der Waals surface area contributed by atoms with Gasteiger partial charge < -0.3 is 25.0 Å². The molecule has 6 nitrogen and oxygen atoms in total. The van der Waals surface area contributed by atoms with Gasteiger partial charge in [-0.05, 0) is 42.7 Å². The van der Waals surface area contributed by atoms with Gasteiger partial charge >= 0.3 is 0 Å². The molecule has 0 saturated carbocycles. The minimum atomic E-state index is -0.534. The Morgan fingerprint density at radius 3 is 2.48 bits per heavy atom. The molecule has 0 aromatic heterocycles. The highest BCUT2D eigenvalue weighted by atomic mass is 127. The standard InChI is InChI=1S/C22H28F2N4O2.HI/c1-25-22(26-11-9-15-7-8-19(29-2)20(13-15)30-3)27-16-10-12-28(14-16)21-17(23)5-4-6-18(21)24;/h4-8,13,16H,9-12,14H2,1-3H3,(H2,25,26,27);1H. The van der Waals surface area contributed by atoms with Crippen molar-refractivity contribution in [1.82, 2.24) is 10.6 Å². The molecule has 0 spiro atoms. The van der Waals surface area contributed by atoms with Crippen LogP contribution in [0, 0.1) is 11.6 Å². The first kappa shape index (κ1) is 25.0. The maximum Gasteiger partial charge on any atom is 0.191 e. The Morgan fingerprint density at radius 2 is 1.84 bits per heavy atom. The summed E-state index contributed by atoms with van der Waals surface area (Å²) in [5.41, 5.74) is 1.15. The third kappa shape index (κ3) is 6.34.